The topological polar surface area (TPSA) is 25.0 Å². The van der Waals surface area contributed by atoms with Crippen LogP contribution >= 0.6 is 0 Å². The Morgan fingerprint density at radius 3 is 1.48 bits per heavy atom. The monoisotopic (exact) mass is 439 g/mol. The molecule has 3 heterocycles. The van der Waals surface area contributed by atoms with Crippen LogP contribution < -0.4 is 5.32 Å². The van der Waals surface area contributed by atoms with Gasteiger partial charge in [-0.3, -0.25) is 4.90 Å². The van der Waals surface area contributed by atoms with Crippen molar-refractivity contribution < 1.29 is 0 Å². The maximum absolute atomic E-state index is 3.33. The second-order valence-corrected chi connectivity index (χ2v) is 11.1. The molecule has 31 heavy (non-hydrogen) atoms. The number of nitrogens with zero attached hydrogens (tertiary/aromatic N) is 4. The second-order valence-electron chi connectivity index (χ2n) is 11.1. The van der Waals surface area contributed by atoms with Gasteiger partial charge in [0.1, 0.15) is 0 Å². The zero-order valence-corrected chi connectivity index (χ0v) is 22.7. The lowest BCUT2D eigenvalue weighted by Crippen LogP contribution is -2.46. The summed E-state index contributed by atoms with van der Waals surface area (Å²) in [7, 11) is 6.60. The fraction of sp³-hybridized carbons (Fsp3) is 1.00. The van der Waals surface area contributed by atoms with E-state index in [1.165, 1.54) is 65.0 Å². The Kier molecular flexibility index (Phi) is 14.5. The fourth-order valence-corrected chi connectivity index (χ4v) is 4.81. The van der Waals surface area contributed by atoms with Gasteiger partial charge in [-0.2, -0.15) is 0 Å². The van der Waals surface area contributed by atoms with Crippen molar-refractivity contribution in [3.05, 3.63) is 0 Å². The van der Waals surface area contributed by atoms with Gasteiger partial charge in [0, 0.05) is 44.3 Å². The maximum atomic E-state index is 3.33. The smallest absolute Gasteiger partial charge is 0.0113 e. The number of hydrogen-bond donors (Lipinski definition) is 1. The summed E-state index contributed by atoms with van der Waals surface area (Å²) in [6, 6.07) is 2.28. The minimum Gasteiger partial charge on any atom is -0.314 e. The molecule has 0 radical (unpaired) electrons. The molecule has 3 rings (SSSR count). The molecule has 1 N–H and O–H groups in total. The van der Waals surface area contributed by atoms with Crippen molar-refractivity contribution in [1.82, 2.24) is 24.9 Å². The maximum Gasteiger partial charge on any atom is 0.0113 e. The molecule has 5 heteroatoms. The Labute approximate surface area is 195 Å². The van der Waals surface area contributed by atoms with Crippen LogP contribution in [0, 0.1) is 11.8 Å². The molecule has 0 bridgehead atoms. The molecule has 0 unspecified atom stereocenters. The highest BCUT2D eigenvalue weighted by molar-refractivity contribution is 4.78. The number of likely N-dealkylation sites (tertiary alicyclic amines) is 2. The van der Waals surface area contributed by atoms with Gasteiger partial charge in [0.2, 0.25) is 0 Å². The Hall–Kier alpha value is -0.200. The van der Waals surface area contributed by atoms with Gasteiger partial charge in [-0.25, -0.2) is 0 Å². The van der Waals surface area contributed by atoms with E-state index in [-0.39, 0.29) is 0 Å². The molecule has 0 aliphatic carbocycles. The van der Waals surface area contributed by atoms with E-state index in [0.29, 0.717) is 0 Å². The van der Waals surface area contributed by atoms with E-state index in [1.807, 2.05) is 0 Å². The van der Waals surface area contributed by atoms with E-state index in [2.05, 4.69) is 87.6 Å². The van der Waals surface area contributed by atoms with Crippen LogP contribution in [-0.4, -0.2) is 111 Å². The van der Waals surface area contributed by atoms with E-state index >= 15 is 0 Å². The lowest BCUT2D eigenvalue weighted by atomic mass is 9.87. The summed E-state index contributed by atoms with van der Waals surface area (Å²) < 4.78 is 0. The van der Waals surface area contributed by atoms with Crippen molar-refractivity contribution >= 4 is 0 Å². The van der Waals surface area contributed by atoms with Crippen LogP contribution in [0.5, 0.6) is 0 Å². The standard InChI is InChI=1S/C10H22N2.C9H19N.C7H16N2/c1-9(2)12-7-5-10(6-8-12)11(3)4;1-8(2)9-4-6-10(3)7-5-9;1-7(2)9-5-3-8-4-6-9/h9-10H,5-8H2,1-4H3;8-9H,4-7H2,1-3H3;7-8H,3-6H2,1-2H3. The summed E-state index contributed by atoms with van der Waals surface area (Å²) in [6.07, 6.45) is 5.50. The molecule has 3 aliphatic heterocycles. The third kappa shape index (κ3) is 12.0. The van der Waals surface area contributed by atoms with E-state index in [0.717, 1.165) is 43.1 Å². The second kappa shape index (κ2) is 15.6. The third-order valence-electron chi connectivity index (χ3n) is 7.55. The minimum atomic E-state index is 0.729. The zero-order valence-electron chi connectivity index (χ0n) is 22.7. The molecule has 0 atom stereocenters. The van der Waals surface area contributed by atoms with Crippen molar-refractivity contribution in [1.29, 1.82) is 0 Å². The average Bonchev–Trinajstić information content (AvgIpc) is 2.75. The summed E-state index contributed by atoms with van der Waals surface area (Å²) in [5, 5.41) is 3.33. The summed E-state index contributed by atoms with van der Waals surface area (Å²) >= 11 is 0. The largest absolute Gasteiger partial charge is 0.314 e. The Morgan fingerprint density at radius 2 is 1.13 bits per heavy atom. The number of piperazine rings is 1. The van der Waals surface area contributed by atoms with Crippen LogP contribution in [0.1, 0.15) is 67.2 Å². The highest BCUT2D eigenvalue weighted by atomic mass is 15.2. The first kappa shape index (κ1) is 28.8. The highest BCUT2D eigenvalue weighted by Gasteiger charge is 2.21. The summed E-state index contributed by atoms with van der Waals surface area (Å²) in [4.78, 5) is 9.85. The summed E-state index contributed by atoms with van der Waals surface area (Å²) in [5.74, 6) is 1.89. The number of piperidine rings is 2. The quantitative estimate of drug-likeness (QED) is 0.720. The van der Waals surface area contributed by atoms with Crippen LogP contribution in [0.3, 0.4) is 0 Å². The predicted octanol–water partition coefficient (Wildman–Crippen LogP) is 3.71. The molecule has 0 aromatic heterocycles. The van der Waals surface area contributed by atoms with Gasteiger partial charge in [-0.1, -0.05) is 13.8 Å². The van der Waals surface area contributed by atoms with Crippen molar-refractivity contribution in [2.45, 2.75) is 85.4 Å². The van der Waals surface area contributed by atoms with E-state index in [9.17, 15) is 0 Å². The highest BCUT2D eigenvalue weighted by Crippen LogP contribution is 2.23. The molecule has 3 fully saturated rings. The molecule has 3 aliphatic rings. The molecule has 5 nitrogen and oxygen atoms in total. The Bertz CT molecular complexity index is 400. The molecule has 0 aromatic rings. The molecule has 0 saturated carbocycles. The Morgan fingerprint density at radius 1 is 0.677 bits per heavy atom. The van der Waals surface area contributed by atoms with E-state index in [1.54, 1.807) is 0 Å². The molecule has 3 saturated heterocycles. The number of hydrogen-bond acceptors (Lipinski definition) is 5. The minimum absolute atomic E-state index is 0.729. The van der Waals surface area contributed by atoms with Gasteiger partial charge in [0.05, 0.1) is 0 Å². The summed E-state index contributed by atoms with van der Waals surface area (Å²) in [5.41, 5.74) is 0. The molecular weight excluding hydrogens is 382 g/mol. The van der Waals surface area contributed by atoms with Crippen LogP contribution in [0.4, 0.5) is 0 Å². The molecular formula is C26H57N5. The van der Waals surface area contributed by atoms with Gasteiger partial charge in [-0.15, -0.1) is 0 Å². The van der Waals surface area contributed by atoms with E-state index in [4.69, 9.17) is 0 Å². The van der Waals surface area contributed by atoms with Gasteiger partial charge in [0.25, 0.3) is 0 Å². The van der Waals surface area contributed by atoms with Gasteiger partial charge >= 0.3 is 0 Å². The SMILES string of the molecule is CC(C)C1CCN(C)CC1.CC(C)N1CCC(N(C)C)CC1.CC(C)N1CCNCC1. The zero-order chi connectivity index (χ0) is 23.4. The molecule has 0 spiro atoms. The first-order chi connectivity index (χ1) is 14.6. The molecule has 0 amide bonds. The lowest BCUT2D eigenvalue weighted by Gasteiger charge is -2.37. The Balaban J connectivity index is 0.000000235. The number of rotatable bonds is 4. The third-order valence-corrected chi connectivity index (χ3v) is 7.55. The molecule has 186 valence electrons. The van der Waals surface area contributed by atoms with Crippen molar-refractivity contribution in [3.63, 3.8) is 0 Å². The van der Waals surface area contributed by atoms with Gasteiger partial charge in [-0.05, 0) is 113 Å². The lowest BCUT2D eigenvalue weighted by molar-refractivity contribution is 0.121. The van der Waals surface area contributed by atoms with Crippen molar-refractivity contribution in [2.24, 2.45) is 11.8 Å². The first-order valence-corrected chi connectivity index (χ1v) is 13.2. The van der Waals surface area contributed by atoms with Crippen LogP contribution in [0.25, 0.3) is 0 Å². The normalized spacial score (nSPS) is 23.1. The fourth-order valence-electron chi connectivity index (χ4n) is 4.81. The average molecular weight is 440 g/mol. The first-order valence-electron chi connectivity index (χ1n) is 13.2. The van der Waals surface area contributed by atoms with Gasteiger partial charge in [0.15, 0.2) is 0 Å². The van der Waals surface area contributed by atoms with Crippen LogP contribution in [0.15, 0.2) is 0 Å². The molecule has 0 aromatic carbocycles. The van der Waals surface area contributed by atoms with Crippen LogP contribution in [-0.2, 0) is 0 Å². The van der Waals surface area contributed by atoms with Gasteiger partial charge < -0.3 is 20.0 Å². The number of nitrogens with one attached hydrogen (secondary N) is 1. The predicted molar refractivity (Wildman–Crippen MR) is 138 cm³/mol. The van der Waals surface area contributed by atoms with E-state index < -0.39 is 0 Å². The summed E-state index contributed by atoms with van der Waals surface area (Å²) in [6.45, 7) is 23.7. The van der Waals surface area contributed by atoms with Crippen molar-refractivity contribution in [2.75, 3.05) is 73.5 Å². The van der Waals surface area contributed by atoms with Crippen molar-refractivity contribution in [3.8, 4) is 0 Å². The van der Waals surface area contributed by atoms with Crippen LogP contribution in [0.2, 0.25) is 0 Å².